The molecule has 4 heterocycles. The highest BCUT2D eigenvalue weighted by molar-refractivity contribution is 5.43. The first-order valence-electron chi connectivity index (χ1n) is 9.24. The maximum absolute atomic E-state index is 13.4. The fourth-order valence-corrected chi connectivity index (χ4v) is 3.72. The molecule has 4 rings (SSSR count). The Kier molecular flexibility index (Phi) is 4.78. The number of aromatic nitrogens is 5. The number of hydrogen-bond acceptors (Lipinski definition) is 5. The van der Waals surface area contributed by atoms with Crippen LogP contribution in [0.2, 0.25) is 0 Å². The minimum atomic E-state index is -4.47. The summed E-state index contributed by atoms with van der Waals surface area (Å²) in [6.45, 7) is 5.79. The molecule has 3 aromatic heterocycles. The first-order chi connectivity index (χ1) is 13.3. The molecule has 3 aromatic rings. The highest BCUT2D eigenvalue weighted by Crippen LogP contribution is 2.32. The summed E-state index contributed by atoms with van der Waals surface area (Å²) in [4.78, 5) is 15.0. The standard InChI is InChI=1S/C19H21F3N6/c1-12-6-17(19(20,21)22)28-18(25-12)7-16(26-28)15-4-3-5-27(11-15)10-14-8-23-13(2)24-9-14/h6-9,15H,3-5,10-11H2,1-2H3/t15-/m1/s1. The molecule has 0 spiro atoms. The number of hydrogen-bond donors (Lipinski definition) is 0. The molecule has 1 saturated heterocycles. The van der Waals surface area contributed by atoms with E-state index in [4.69, 9.17) is 0 Å². The zero-order chi connectivity index (χ0) is 19.9. The summed E-state index contributed by atoms with van der Waals surface area (Å²) in [5, 5.41) is 4.28. The van der Waals surface area contributed by atoms with Crippen molar-refractivity contribution in [2.75, 3.05) is 13.1 Å². The fraction of sp³-hybridized carbons (Fsp3) is 0.474. The van der Waals surface area contributed by atoms with Crippen LogP contribution in [0.1, 0.15) is 47.2 Å². The van der Waals surface area contributed by atoms with Crippen LogP contribution in [0.15, 0.2) is 24.5 Å². The molecule has 0 bridgehead atoms. The summed E-state index contributed by atoms with van der Waals surface area (Å²) in [6.07, 6.45) is 1.02. The van der Waals surface area contributed by atoms with Gasteiger partial charge in [-0.3, -0.25) is 4.90 Å². The summed E-state index contributed by atoms with van der Waals surface area (Å²) in [6, 6.07) is 2.72. The van der Waals surface area contributed by atoms with Crippen LogP contribution in [0.4, 0.5) is 13.2 Å². The molecule has 0 radical (unpaired) electrons. The van der Waals surface area contributed by atoms with E-state index in [1.54, 1.807) is 13.0 Å². The van der Waals surface area contributed by atoms with Gasteiger partial charge in [-0.15, -0.1) is 0 Å². The average Bonchev–Trinajstić information content (AvgIpc) is 3.06. The maximum atomic E-state index is 13.4. The van der Waals surface area contributed by atoms with Crippen LogP contribution in [0.5, 0.6) is 0 Å². The lowest BCUT2D eigenvalue weighted by atomic mass is 9.94. The number of nitrogens with zero attached hydrogens (tertiary/aromatic N) is 6. The van der Waals surface area contributed by atoms with Crippen molar-refractivity contribution in [1.82, 2.24) is 29.5 Å². The quantitative estimate of drug-likeness (QED) is 0.685. The Bertz CT molecular complexity index is 980. The average molecular weight is 390 g/mol. The number of aryl methyl sites for hydroxylation is 2. The minimum Gasteiger partial charge on any atom is -0.298 e. The predicted molar refractivity (Wildman–Crippen MR) is 96.7 cm³/mol. The third-order valence-corrected chi connectivity index (χ3v) is 5.03. The molecule has 1 aliphatic heterocycles. The van der Waals surface area contributed by atoms with Gasteiger partial charge in [0.2, 0.25) is 0 Å². The van der Waals surface area contributed by atoms with Gasteiger partial charge in [-0.2, -0.15) is 18.3 Å². The van der Waals surface area contributed by atoms with Crippen LogP contribution >= 0.6 is 0 Å². The van der Waals surface area contributed by atoms with Gasteiger partial charge in [-0.05, 0) is 39.3 Å². The molecule has 28 heavy (non-hydrogen) atoms. The van der Waals surface area contributed by atoms with Crippen molar-refractivity contribution in [3.05, 3.63) is 53.0 Å². The SMILES string of the molecule is Cc1cc(C(F)(F)F)n2nc([C@@H]3CCCN(Cc4cnc(C)nc4)C3)cc2n1. The number of halogens is 3. The summed E-state index contributed by atoms with van der Waals surface area (Å²) >= 11 is 0. The lowest BCUT2D eigenvalue weighted by molar-refractivity contribution is -0.142. The van der Waals surface area contributed by atoms with Crippen LogP contribution in [0, 0.1) is 13.8 Å². The van der Waals surface area contributed by atoms with Gasteiger partial charge in [-0.1, -0.05) is 0 Å². The number of piperidine rings is 1. The van der Waals surface area contributed by atoms with E-state index in [2.05, 4.69) is 25.0 Å². The normalized spacial score (nSPS) is 18.7. The van der Waals surface area contributed by atoms with Crippen molar-refractivity contribution in [3.8, 4) is 0 Å². The topological polar surface area (TPSA) is 59.2 Å². The van der Waals surface area contributed by atoms with Crippen molar-refractivity contribution in [3.63, 3.8) is 0 Å². The maximum Gasteiger partial charge on any atom is 0.433 e. The van der Waals surface area contributed by atoms with Crippen LogP contribution in [-0.4, -0.2) is 42.6 Å². The zero-order valence-electron chi connectivity index (χ0n) is 15.7. The van der Waals surface area contributed by atoms with Crippen LogP contribution in [-0.2, 0) is 12.7 Å². The van der Waals surface area contributed by atoms with Crippen molar-refractivity contribution in [1.29, 1.82) is 0 Å². The van der Waals surface area contributed by atoms with E-state index in [0.29, 0.717) is 11.4 Å². The highest BCUT2D eigenvalue weighted by atomic mass is 19.4. The Hall–Kier alpha value is -2.55. The van der Waals surface area contributed by atoms with Crippen molar-refractivity contribution >= 4 is 5.65 Å². The first-order valence-corrected chi connectivity index (χ1v) is 9.24. The molecule has 0 amide bonds. The molecule has 9 heteroatoms. The van der Waals surface area contributed by atoms with E-state index in [1.165, 1.54) is 0 Å². The Balaban J connectivity index is 1.58. The van der Waals surface area contributed by atoms with Gasteiger partial charge >= 0.3 is 6.18 Å². The van der Waals surface area contributed by atoms with Crippen molar-refractivity contribution in [2.45, 2.75) is 45.3 Å². The Morgan fingerprint density at radius 1 is 1.14 bits per heavy atom. The summed E-state index contributed by atoms with van der Waals surface area (Å²) in [5.74, 6) is 0.802. The Morgan fingerprint density at radius 3 is 2.61 bits per heavy atom. The van der Waals surface area contributed by atoms with Gasteiger partial charge in [0.15, 0.2) is 5.65 Å². The van der Waals surface area contributed by atoms with Crippen LogP contribution in [0.25, 0.3) is 5.65 Å². The third-order valence-electron chi connectivity index (χ3n) is 5.03. The number of fused-ring (bicyclic) bond motifs is 1. The van der Waals surface area contributed by atoms with E-state index < -0.39 is 11.9 Å². The second-order valence-electron chi connectivity index (χ2n) is 7.33. The minimum absolute atomic E-state index is 0.0724. The molecule has 0 unspecified atom stereocenters. The molecule has 1 atom stereocenters. The molecule has 148 valence electrons. The highest BCUT2D eigenvalue weighted by Gasteiger charge is 2.35. The van der Waals surface area contributed by atoms with Gasteiger partial charge in [0.1, 0.15) is 11.5 Å². The molecule has 0 aromatic carbocycles. The van der Waals surface area contributed by atoms with E-state index >= 15 is 0 Å². The summed E-state index contributed by atoms with van der Waals surface area (Å²) < 4.78 is 41.0. The van der Waals surface area contributed by atoms with E-state index in [1.807, 2.05) is 19.3 Å². The number of alkyl halides is 3. The summed E-state index contributed by atoms with van der Waals surface area (Å²) in [5.41, 5.74) is 1.47. The lowest BCUT2D eigenvalue weighted by Gasteiger charge is -2.31. The van der Waals surface area contributed by atoms with E-state index in [9.17, 15) is 13.2 Å². The molecule has 1 fully saturated rings. The largest absolute Gasteiger partial charge is 0.433 e. The Morgan fingerprint density at radius 2 is 1.89 bits per heavy atom. The van der Waals surface area contributed by atoms with E-state index in [0.717, 1.165) is 54.4 Å². The van der Waals surface area contributed by atoms with Crippen molar-refractivity contribution in [2.24, 2.45) is 0 Å². The smallest absolute Gasteiger partial charge is 0.298 e. The van der Waals surface area contributed by atoms with Crippen LogP contribution in [0.3, 0.4) is 0 Å². The second kappa shape index (κ2) is 7.12. The molecule has 0 N–H and O–H groups in total. The molecular formula is C19H21F3N6. The Labute approximate surface area is 160 Å². The third kappa shape index (κ3) is 3.84. The van der Waals surface area contributed by atoms with Gasteiger partial charge in [0.25, 0.3) is 0 Å². The first kappa shape index (κ1) is 18.8. The molecular weight excluding hydrogens is 369 g/mol. The van der Waals surface area contributed by atoms with Gasteiger partial charge < -0.3 is 0 Å². The molecule has 0 saturated carbocycles. The second-order valence-corrected chi connectivity index (χ2v) is 7.33. The van der Waals surface area contributed by atoms with Crippen molar-refractivity contribution < 1.29 is 13.2 Å². The van der Waals surface area contributed by atoms with Crippen LogP contribution < -0.4 is 0 Å². The van der Waals surface area contributed by atoms with Gasteiger partial charge in [0, 0.05) is 48.7 Å². The monoisotopic (exact) mass is 390 g/mol. The van der Waals surface area contributed by atoms with E-state index in [-0.39, 0.29) is 11.6 Å². The van der Waals surface area contributed by atoms with Gasteiger partial charge in [-0.25, -0.2) is 19.5 Å². The lowest BCUT2D eigenvalue weighted by Crippen LogP contribution is -2.34. The fourth-order valence-electron chi connectivity index (χ4n) is 3.72. The molecule has 1 aliphatic rings. The zero-order valence-corrected chi connectivity index (χ0v) is 15.7. The molecule has 6 nitrogen and oxygen atoms in total. The number of rotatable bonds is 3. The van der Waals surface area contributed by atoms with Gasteiger partial charge in [0.05, 0.1) is 5.69 Å². The molecule has 0 aliphatic carbocycles. The predicted octanol–water partition coefficient (Wildman–Crippen LogP) is 3.53. The summed E-state index contributed by atoms with van der Waals surface area (Å²) in [7, 11) is 0. The number of likely N-dealkylation sites (tertiary alicyclic amines) is 1.